The molecule has 1 amide bonds. The number of aromatic nitrogens is 4. The first kappa shape index (κ1) is 23.5. The molecule has 182 valence electrons. The van der Waals surface area contributed by atoms with E-state index < -0.39 is 0 Å². The maximum atomic E-state index is 12.8. The molecular formula is C27H25N5O3S. The fourth-order valence-electron chi connectivity index (χ4n) is 3.93. The first-order valence-electron chi connectivity index (χ1n) is 11.5. The summed E-state index contributed by atoms with van der Waals surface area (Å²) in [5, 5.41) is 13.6. The fraction of sp³-hybridized carbons (Fsp3) is 0.148. The van der Waals surface area contributed by atoms with E-state index in [-0.39, 0.29) is 11.7 Å². The predicted molar refractivity (Wildman–Crippen MR) is 142 cm³/mol. The van der Waals surface area contributed by atoms with Crippen molar-refractivity contribution in [2.45, 2.75) is 12.1 Å². The highest BCUT2D eigenvalue weighted by Gasteiger charge is 2.20. The number of nitrogens with one attached hydrogen (secondary N) is 2. The lowest BCUT2D eigenvalue weighted by Gasteiger charge is -2.12. The number of para-hydroxylation sites is 3. The molecule has 3 aromatic carbocycles. The Balaban J connectivity index is 1.45. The van der Waals surface area contributed by atoms with E-state index in [1.54, 1.807) is 7.11 Å². The fourth-order valence-corrected chi connectivity index (χ4v) is 4.68. The van der Waals surface area contributed by atoms with Crippen LogP contribution in [-0.4, -0.2) is 45.1 Å². The lowest BCUT2D eigenvalue weighted by Crippen LogP contribution is -2.15. The summed E-state index contributed by atoms with van der Waals surface area (Å²) in [6.07, 6.45) is 1.93. The second-order valence-electron chi connectivity index (χ2n) is 7.85. The van der Waals surface area contributed by atoms with Gasteiger partial charge in [0, 0.05) is 28.4 Å². The minimum Gasteiger partial charge on any atom is -0.497 e. The van der Waals surface area contributed by atoms with Gasteiger partial charge in [-0.3, -0.25) is 9.36 Å². The molecule has 36 heavy (non-hydrogen) atoms. The van der Waals surface area contributed by atoms with Gasteiger partial charge in [-0.2, -0.15) is 0 Å². The normalized spacial score (nSPS) is 10.9. The molecule has 0 atom stereocenters. The van der Waals surface area contributed by atoms with Gasteiger partial charge < -0.3 is 19.8 Å². The average Bonchev–Trinajstić information content (AvgIpc) is 3.53. The molecule has 8 nitrogen and oxygen atoms in total. The van der Waals surface area contributed by atoms with Crippen molar-refractivity contribution in [3.63, 3.8) is 0 Å². The van der Waals surface area contributed by atoms with E-state index in [4.69, 9.17) is 9.47 Å². The molecule has 2 N–H and O–H groups in total. The Hall–Kier alpha value is -4.24. The van der Waals surface area contributed by atoms with Gasteiger partial charge in [-0.05, 0) is 49.4 Å². The van der Waals surface area contributed by atoms with Crippen LogP contribution in [0.4, 0.5) is 5.69 Å². The lowest BCUT2D eigenvalue weighted by atomic mass is 10.1. The van der Waals surface area contributed by atoms with Crippen LogP contribution in [0.2, 0.25) is 0 Å². The Bertz CT molecular complexity index is 1490. The van der Waals surface area contributed by atoms with Gasteiger partial charge in [0.05, 0.1) is 25.2 Å². The van der Waals surface area contributed by atoms with E-state index in [1.807, 2.05) is 90.5 Å². The number of anilines is 1. The minimum atomic E-state index is -0.162. The third kappa shape index (κ3) is 4.78. The molecular weight excluding hydrogens is 474 g/mol. The molecule has 0 spiro atoms. The Kier molecular flexibility index (Phi) is 6.90. The van der Waals surface area contributed by atoms with E-state index in [2.05, 4.69) is 20.5 Å². The number of H-pyrrole nitrogens is 1. The van der Waals surface area contributed by atoms with Gasteiger partial charge in [-0.1, -0.05) is 42.1 Å². The number of carbonyl (C=O) groups is 1. The van der Waals surface area contributed by atoms with Crippen LogP contribution in [0.3, 0.4) is 0 Å². The molecule has 0 saturated heterocycles. The number of aromatic amines is 1. The number of methoxy groups -OCH3 is 1. The number of fused-ring (bicyclic) bond motifs is 1. The molecule has 0 unspecified atom stereocenters. The smallest absolute Gasteiger partial charge is 0.234 e. The highest BCUT2D eigenvalue weighted by atomic mass is 32.2. The van der Waals surface area contributed by atoms with Crippen molar-refractivity contribution < 1.29 is 14.3 Å². The Morgan fingerprint density at radius 1 is 1.03 bits per heavy atom. The van der Waals surface area contributed by atoms with Crippen LogP contribution in [0.15, 0.2) is 84.1 Å². The molecule has 5 aromatic rings. The van der Waals surface area contributed by atoms with E-state index in [0.717, 1.165) is 27.9 Å². The van der Waals surface area contributed by atoms with Gasteiger partial charge in [-0.15, -0.1) is 10.2 Å². The molecule has 9 heteroatoms. The summed E-state index contributed by atoms with van der Waals surface area (Å²) in [7, 11) is 1.63. The molecule has 2 aromatic heterocycles. The van der Waals surface area contributed by atoms with E-state index in [1.165, 1.54) is 11.8 Å². The molecule has 0 bridgehead atoms. The second kappa shape index (κ2) is 10.6. The van der Waals surface area contributed by atoms with E-state index >= 15 is 0 Å². The maximum absolute atomic E-state index is 12.8. The number of amides is 1. The van der Waals surface area contributed by atoms with Gasteiger partial charge >= 0.3 is 0 Å². The number of nitrogens with zero attached hydrogens (tertiary/aromatic N) is 3. The number of rotatable bonds is 9. The second-order valence-corrected chi connectivity index (χ2v) is 8.80. The quantitative estimate of drug-likeness (QED) is 0.258. The molecule has 0 aliphatic rings. The number of carbonyl (C=O) groups excluding carboxylic acids is 1. The highest BCUT2D eigenvalue weighted by molar-refractivity contribution is 7.99. The van der Waals surface area contributed by atoms with Crippen molar-refractivity contribution in [3.05, 3.63) is 79.0 Å². The maximum Gasteiger partial charge on any atom is 0.234 e. The van der Waals surface area contributed by atoms with Gasteiger partial charge in [0.15, 0.2) is 11.0 Å². The zero-order valence-electron chi connectivity index (χ0n) is 19.9. The summed E-state index contributed by atoms with van der Waals surface area (Å²) in [5.74, 6) is 2.07. The average molecular weight is 500 g/mol. The van der Waals surface area contributed by atoms with Crippen molar-refractivity contribution in [1.82, 2.24) is 19.7 Å². The van der Waals surface area contributed by atoms with Crippen molar-refractivity contribution in [2.75, 3.05) is 24.8 Å². The highest BCUT2D eigenvalue weighted by Crippen LogP contribution is 2.33. The number of benzene rings is 3. The summed E-state index contributed by atoms with van der Waals surface area (Å²) >= 11 is 1.32. The van der Waals surface area contributed by atoms with Gasteiger partial charge in [-0.25, -0.2) is 0 Å². The number of ether oxygens (including phenoxy) is 2. The lowest BCUT2D eigenvalue weighted by molar-refractivity contribution is -0.113. The summed E-state index contributed by atoms with van der Waals surface area (Å²) in [6, 6.07) is 23.1. The summed E-state index contributed by atoms with van der Waals surface area (Å²) in [4.78, 5) is 16.1. The third-order valence-electron chi connectivity index (χ3n) is 5.59. The van der Waals surface area contributed by atoms with Crippen LogP contribution >= 0.6 is 11.8 Å². The first-order valence-corrected chi connectivity index (χ1v) is 12.5. The van der Waals surface area contributed by atoms with Crippen LogP contribution in [0.25, 0.3) is 28.0 Å². The topological polar surface area (TPSA) is 94.1 Å². The Labute approximate surface area is 212 Å². The summed E-state index contributed by atoms with van der Waals surface area (Å²) in [5.41, 5.74) is 3.45. The standard InChI is InChI=1S/C27H25N5O3S/c1-3-35-24-11-7-6-10-23(24)29-25(33)17-36-27-31-30-26(21-16-28-22-9-5-4-8-20(21)22)32(27)18-12-14-19(34-2)15-13-18/h4-16,28H,3,17H2,1-2H3,(H,29,33). The molecule has 0 radical (unpaired) electrons. The van der Waals surface area contributed by atoms with Crippen molar-refractivity contribution >= 4 is 34.3 Å². The molecule has 0 fully saturated rings. The van der Waals surface area contributed by atoms with E-state index in [0.29, 0.717) is 29.0 Å². The SMILES string of the molecule is CCOc1ccccc1NC(=O)CSc1nnc(-c2c[nH]c3ccccc23)n1-c1ccc(OC)cc1. The number of hydrogen-bond donors (Lipinski definition) is 2. The number of thioether (sulfide) groups is 1. The molecule has 0 aliphatic heterocycles. The monoisotopic (exact) mass is 499 g/mol. The van der Waals surface area contributed by atoms with Crippen LogP contribution in [0.5, 0.6) is 11.5 Å². The van der Waals surface area contributed by atoms with Crippen LogP contribution in [0, 0.1) is 0 Å². The van der Waals surface area contributed by atoms with Gasteiger partial charge in [0.1, 0.15) is 11.5 Å². The largest absolute Gasteiger partial charge is 0.497 e. The summed E-state index contributed by atoms with van der Waals surface area (Å²) < 4.78 is 12.9. The van der Waals surface area contributed by atoms with Crippen LogP contribution < -0.4 is 14.8 Å². The predicted octanol–water partition coefficient (Wildman–Crippen LogP) is 5.55. The van der Waals surface area contributed by atoms with E-state index in [9.17, 15) is 4.79 Å². The Morgan fingerprint density at radius 3 is 2.61 bits per heavy atom. The van der Waals surface area contributed by atoms with Crippen molar-refractivity contribution in [1.29, 1.82) is 0 Å². The minimum absolute atomic E-state index is 0.155. The zero-order chi connectivity index (χ0) is 24.9. The van der Waals surface area contributed by atoms with Crippen LogP contribution in [0.1, 0.15) is 6.92 Å². The number of hydrogen-bond acceptors (Lipinski definition) is 6. The van der Waals surface area contributed by atoms with Crippen LogP contribution in [-0.2, 0) is 4.79 Å². The van der Waals surface area contributed by atoms with Gasteiger partial charge in [0.2, 0.25) is 5.91 Å². The van der Waals surface area contributed by atoms with Gasteiger partial charge in [0.25, 0.3) is 0 Å². The molecule has 2 heterocycles. The van der Waals surface area contributed by atoms with Crippen molar-refractivity contribution in [3.8, 4) is 28.6 Å². The molecule has 0 aliphatic carbocycles. The first-order chi connectivity index (χ1) is 17.7. The Morgan fingerprint density at radius 2 is 1.81 bits per heavy atom. The summed E-state index contributed by atoms with van der Waals surface area (Å²) in [6.45, 7) is 2.43. The molecule has 0 saturated carbocycles. The van der Waals surface area contributed by atoms with Crippen molar-refractivity contribution in [2.24, 2.45) is 0 Å². The molecule has 5 rings (SSSR count). The third-order valence-corrected chi connectivity index (χ3v) is 6.52. The zero-order valence-corrected chi connectivity index (χ0v) is 20.7.